The molecule has 1 aromatic heterocycles. The monoisotopic (exact) mass is 281 g/mol. The lowest BCUT2D eigenvalue weighted by atomic mass is 10.2. The zero-order valence-corrected chi connectivity index (χ0v) is 12.6. The van der Waals surface area contributed by atoms with Gasteiger partial charge in [-0.1, -0.05) is 13.8 Å². The number of amides is 1. The van der Waals surface area contributed by atoms with Crippen molar-refractivity contribution in [3.63, 3.8) is 0 Å². The van der Waals surface area contributed by atoms with Gasteiger partial charge in [0.1, 0.15) is 6.54 Å². The minimum absolute atomic E-state index is 0.145. The number of nitrogens with zero attached hydrogens (tertiary/aromatic N) is 3. The van der Waals surface area contributed by atoms with Gasteiger partial charge in [-0.05, 0) is 25.8 Å². The maximum absolute atomic E-state index is 12.1. The molecule has 6 heteroatoms. The van der Waals surface area contributed by atoms with Crippen molar-refractivity contribution in [3.8, 4) is 0 Å². The Kier molecular flexibility index (Phi) is 5.73. The Balaban J connectivity index is 2.61. The highest BCUT2D eigenvalue weighted by Crippen LogP contribution is 2.06. The Hall–Kier alpha value is -1.85. The standard InChI is InChI=1S/C14H23N3O3/c1-10(2)8-16(9-14(19)20)13(18)5-6-17-12(4)7-11(3)15-17/h7,10H,5-6,8-9H2,1-4H3,(H,19,20). The average molecular weight is 281 g/mol. The first-order valence-corrected chi connectivity index (χ1v) is 6.80. The molecular formula is C14H23N3O3. The number of carbonyl (C=O) groups excluding carboxylic acids is 1. The van der Waals surface area contributed by atoms with Gasteiger partial charge in [0.2, 0.25) is 5.91 Å². The highest BCUT2D eigenvalue weighted by Gasteiger charge is 2.18. The number of aliphatic carboxylic acids is 1. The van der Waals surface area contributed by atoms with Crippen molar-refractivity contribution in [1.29, 1.82) is 0 Å². The fraction of sp³-hybridized carbons (Fsp3) is 0.643. The van der Waals surface area contributed by atoms with Gasteiger partial charge in [0.15, 0.2) is 0 Å². The summed E-state index contributed by atoms with van der Waals surface area (Å²) >= 11 is 0. The predicted octanol–water partition coefficient (Wildman–Crippen LogP) is 1.46. The maximum Gasteiger partial charge on any atom is 0.323 e. The summed E-state index contributed by atoms with van der Waals surface area (Å²) in [5, 5.41) is 13.2. The summed E-state index contributed by atoms with van der Waals surface area (Å²) in [7, 11) is 0. The number of carboxylic acid groups (broad SMARTS) is 1. The van der Waals surface area contributed by atoms with E-state index in [9.17, 15) is 9.59 Å². The Bertz CT molecular complexity index is 480. The molecule has 0 aromatic carbocycles. The molecule has 0 radical (unpaired) electrons. The van der Waals surface area contributed by atoms with Crippen molar-refractivity contribution in [2.24, 2.45) is 5.92 Å². The summed E-state index contributed by atoms with van der Waals surface area (Å²) in [6.45, 7) is 8.46. The minimum atomic E-state index is -0.981. The van der Waals surface area contributed by atoms with Crippen molar-refractivity contribution < 1.29 is 14.7 Å². The van der Waals surface area contributed by atoms with Gasteiger partial charge in [-0.15, -0.1) is 0 Å². The van der Waals surface area contributed by atoms with Crippen LogP contribution >= 0.6 is 0 Å². The molecule has 0 spiro atoms. The molecular weight excluding hydrogens is 258 g/mol. The van der Waals surface area contributed by atoms with Crippen LogP contribution in [-0.4, -0.2) is 44.8 Å². The van der Waals surface area contributed by atoms with Crippen molar-refractivity contribution in [1.82, 2.24) is 14.7 Å². The first-order chi connectivity index (χ1) is 9.29. The van der Waals surface area contributed by atoms with Gasteiger partial charge >= 0.3 is 5.97 Å². The van der Waals surface area contributed by atoms with E-state index in [-0.39, 0.29) is 24.8 Å². The molecule has 1 heterocycles. The van der Waals surface area contributed by atoms with Gasteiger partial charge in [-0.25, -0.2) is 0 Å². The molecule has 20 heavy (non-hydrogen) atoms. The summed E-state index contributed by atoms with van der Waals surface area (Å²) in [4.78, 5) is 24.3. The number of carbonyl (C=O) groups is 2. The van der Waals surface area contributed by atoms with Crippen LogP contribution in [0.4, 0.5) is 0 Å². The molecule has 0 atom stereocenters. The van der Waals surface area contributed by atoms with Gasteiger partial charge in [0.05, 0.1) is 5.69 Å². The van der Waals surface area contributed by atoms with E-state index < -0.39 is 5.97 Å². The molecule has 6 nitrogen and oxygen atoms in total. The molecule has 0 fully saturated rings. The third kappa shape index (κ3) is 5.03. The summed E-state index contributed by atoms with van der Waals surface area (Å²) in [6, 6.07) is 1.95. The zero-order valence-electron chi connectivity index (χ0n) is 12.6. The molecule has 0 aliphatic heterocycles. The Labute approximate surface area is 119 Å². The first kappa shape index (κ1) is 16.2. The second-order valence-electron chi connectivity index (χ2n) is 5.46. The second-order valence-corrected chi connectivity index (χ2v) is 5.46. The summed E-state index contributed by atoms with van der Waals surface area (Å²) in [6.07, 6.45) is 0.266. The van der Waals surface area contributed by atoms with Gasteiger partial charge in [-0.2, -0.15) is 5.10 Å². The van der Waals surface area contributed by atoms with Gasteiger partial charge in [0, 0.05) is 25.2 Å². The number of aromatic nitrogens is 2. The van der Waals surface area contributed by atoms with Gasteiger partial charge < -0.3 is 10.0 Å². The van der Waals surface area contributed by atoms with Gasteiger partial charge in [0.25, 0.3) is 0 Å². The molecule has 0 unspecified atom stereocenters. The molecule has 0 saturated carbocycles. The highest BCUT2D eigenvalue weighted by atomic mass is 16.4. The smallest absolute Gasteiger partial charge is 0.323 e. The Morgan fingerprint density at radius 3 is 2.50 bits per heavy atom. The predicted molar refractivity (Wildman–Crippen MR) is 75.4 cm³/mol. The number of hydrogen-bond donors (Lipinski definition) is 1. The molecule has 112 valence electrons. The summed E-state index contributed by atoms with van der Waals surface area (Å²) in [5.74, 6) is -0.884. The quantitative estimate of drug-likeness (QED) is 0.821. The SMILES string of the molecule is Cc1cc(C)n(CCC(=O)N(CC(=O)O)CC(C)C)n1. The van der Waals surface area contributed by atoms with Crippen LogP contribution in [0.1, 0.15) is 31.7 Å². The normalized spacial score (nSPS) is 10.8. The second kappa shape index (κ2) is 7.07. The third-order valence-electron chi connectivity index (χ3n) is 2.91. The number of hydrogen-bond acceptors (Lipinski definition) is 3. The lowest BCUT2D eigenvalue weighted by molar-refractivity contribution is -0.144. The van der Waals surface area contributed by atoms with E-state index in [1.54, 1.807) is 4.68 Å². The van der Waals surface area contributed by atoms with Crippen LogP contribution in [0.2, 0.25) is 0 Å². The molecule has 1 N–H and O–H groups in total. The Morgan fingerprint density at radius 1 is 1.40 bits per heavy atom. The van der Waals surface area contributed by atoms with E-state index in [0.29, 0.717) is 13.1 Å². The molecule has 0 aliphatic rings. The van der Waals surface area contributed by atoms with Crippen LogP contribution in [0.5, 0.6) is 0 Å². The van der Waals surface area contributed by atoms with Crippen molar-refractivity contribution >= 4 is 11.9 Å². The van der Waals surface area contributed by atoms with Crippen molar-refractivity contribution in [2.45, 2.75) is 40.7 Å². The van der Waals surface area contributed by atoms with Crippen LogP contribution in [-0.2, 0) is 16.1 Å². The van der Waals surface area contributed by atoms with Crippen LogP contribution in [0.15, 0.2) is 6.07 Å². The highest BCUT2D eigenvalue weighted by molar-refractivity contribution is 5.81. The number of aryl methyl sites for hydroxylation is 3. The average Bonchev–Trinajstić information content (AvgIpc) is 2.62. The van der Waals surface area contributed by atoms with E-state index in [0.717, 1.165) is 11.4 Å². The van der Waals surface area contributed by atoms with Crippen LogP contribution < -0.4 is 0 Å². The fourth-order valence-electron chi connectivity index (χ4n) is 2.12. The molecule has 1 aromatic rings. The zero-order chi connectivity index (χ0) is 15.3. The third-order valence-corrected chi connectivity index (χ3v) is 2.91. The van der Waals surface area contributed by atoms with E-state index in [2.05, 4.69) is 5.10 Å². The lowest BCUT2D eigenvalue weighted by Crippen LogP contribution is -2.38. The van der Waals surface area contributed by atoms with E-state index in [4.69, 9.17) is 5.11 Å². The van der Waals surface area contributed by atoms with Crippen molar-refractivity contribution in [3.05, 3.63) is 17.5 Å². The Morgan fingerprint density at radius 2 is 2.05 bits per heavy atom. The fourth-order valence-corrected chi connectivity index (χ4v) is 2.12. The maximum atomic E-state index is 12.1. The summed E-state index contributed by atoms with van der Waals surface area (Å²) < 4.78 is 1.78. The topological polar surface area (TPSA) is 75.4 Å². The largest absolute Gasteiger partial charge is 0.480 e. The van der Waals surface area contributed by atoms with Crippen LogP contribution in [0.3, 0.4) is 0 Å². The molecule has 0 bridgehead atoms. The summed E-state index contributed by atoms with van der Waals surface area (Å²) in [5.41, 5.74) is 1.92. The molecule has 0 saturated heterocycles. The van der Waals surface area contributed by atoms with E-state index in [1.165, 1.54) is 4.90 Å². The van der Waals surface area contributed by atoms with Crippen molar-refractivity contribution in [2.75, 3.05) is 13.1 Å². The minimum Gasteiger partial charge on any atom is -0.480 e. The lowest BCUT2D eigenvalue weighted by Gasteiger charge is -2.22. The van der Waals surface area contributed by atoms with E-state index >= 15 is 0 Å². The van der Waals surface area contributed by atoms with Crippen LogP contribution in [0, 0.1) is 19.8 Å². The molecule has 0 aliphatic carbocycles. The first-order valence-electron chi connectivity index (χ1n) is 6.80. The van der Waals surface area contributed by atoms with Crippen LogP contribution in [0.25, 0.3) is 0 Å². The molecule has 1 rings (SSSR count). The van der Waals surface area contributed by atoms with Gasteiger partial charge in [-0.3, -0.25) is 14.3 Å². The molecule has 1 amide bonds. The number of rotatable bonds is 7. The van der Waals surface area contributed by atoms with E-state index in [1.807, 2.05) is 33.8 Å². The number of carboxylic acids is 1.